The van der Waals surface area contributed by atoms with Crippen molar-refractivity contribution in [3.8, 4) is 0 Å². The number of hydrogen-bond acceptors (Lipinski definition) is 3. The maximum Gasteiger partial charge on any atom is 0.303 e. The number of aliphatic carboxylic acids is 1. The summed E-state index contributed by atoms with van der Waals surface area (Å²) in [5.74, 6) is -0.727. The highest BCUT2D eigenvalue weighted by atomic mass is 35.5. The van der Waals surface area contributed by atoms with Gasteiger partial charge in [-0.1, -0.05) is 36.9 Å². The summed E-state index contributed by atoms with van der Waals surface area (Å²) in [6.07, 6.45) is 11.6. The highest BCUT2D eigenvalue weighted by molar-refractivity contribution is 7.96. The number of carbonyl (C=O) groups is 1. The summed E-state index contributed by atoms with van der Waals surface area (Å²) in [7, 11) is 0. The summed E-state index contributed by atoms with van der Waals surface area (Å²) in [6, 6.07) is 3.72. The van der Waals surface area contributed by atoms with Crippen LogP contribution in [-0.4, -0.2) is 15.6 Å². The van der Waals surface area contributed by atoms with Crippen LogP contribution in [0.15, 0.2) is 35.3 Å². The number of halogens is 1. The molecular formula is C21H30ClNO3S. The molecule has 0 aliphatic carbocycles. The van der Waals surface area contributed by atoms with Crippen molar-refractivity contribution < 1.29 is 14.5 Å². The standard InChI is InChI=1S/C21H30ClNO3S/c1-4-11-19(12-9-7-5-6-8-10-13-20(24)25)27(26)23-21-16(2)14-18(22)15-17(21)3/h4,11-12,14-15,23H,5-10,13H2,1-3H3,(H,24,25)/b11-4-,19-12+. The first-order valence-electron chi connectivity index (χ1n) is 9.35. The molecule has 1 rings (SSSR count). The zero-order valence-electron chi connectivity index (χ0n) is 16.4. The average molecular weight is 412 g/mol. The number of anilines is 1. The van der Waals surface area contributed by atoms with Crippen molar-refractivity contribution in [2.45, 2.75) is 65.7 Å². The molecule has 2 N–H and O–H groups in total. The fourth-order valence-corrected chi connectivity index (χ4v) is 4.27. The van der Waals surface area contributed by atoms with Crippen molar-refractivity contribution in [3.63, 3.8) is 0 Å². The molecule has 1 unspecified atom stereocenters. The highest BCUT2D eigenvalue weighted by Crippen LogP contribution is 2.27. The first-order valence-corrected chi connectivity index (χ1v) is 10.9. The van der Waals surface area contributed by atoms with E-state index in [1.165, 1.54) is 0 Å². The zero-order chi connectivity index (χ0) is 20.2. The van der Waals surface area contributed by atoms with Gasteiger partial charge in [-0.25, -0.2) is 4.72 Å². The van der Waals surface area contributed by atoms with Crippen LogP contribution in [0.1, 0.15) is 63.0 Å². The first-order chi connectivity index (χ1) is 12.8. The predicted molar refractivity (Wildman–Crippen MR) is 116 cm³/mol. The van der Waals surface area contributed by atoms with E-state index in [2.05, 4.69) is 4.72 Å². The molecule has 0 bridgehead atoms. The number of nitrogens with one attached hydrogen (secondary N) is 1. The Balaban J connectivity index is 2.54. The predicted octanol–water partition coefficient (Wildman–Crippen LogP) is 6.31. The van der Waals surface area contributed by atoms with Gasteiger partial charge in [-0.05, 0) is 75.4 Å². The highest BCUT2D eigenvalue weighted by Gasteiger charge is 2.16. The Hall–Kier alpha value is -1.43. The van der Waals surface area contributed by atoms with Crippen LogP contribution in [0, 0.1) is 13.8 Å². The number of unbranched alkanes of at least 4 members (excludes halogenated alkanes) is 5. The maximum absolute atomic E-state index is 12.8. The minimum atomic E-state index is -1.34. The lowest BCUT2D eigenvalue weighted by Gasteiger charge is -2.16. The summed E-state index contributed by atoms with van der Waals surface area (Å²) in [5.41, 5.74) is 2.79. The maximum atomic E-state index is 12.8. The first kappa shape index (κ1) is 23.6. The number of rotatable bonds is 12. The lowest BCUT2D eigenvalue weighted by Crippen LogP contribution is -2.16. The topological polar surface area (TPSA) is 72.4 Å². The van der Waals surface area contributed by atoms with Gasteiger partial charge in [0.2, 0.25) is 0 Å². The summed E-state index contributed by atoms with van der Waals surface area (Å²) in [4.78, 5) is 11.2. The van der Waals surface area contributed by atoms with E-state index in [0.717, 1.165) is 60.2 Å². The molecule has 27 heavy (non-hydrogen) atoms. The summed E-state index contributed by atoms with van der Waals surface area (Å²) in [5, 5.41) is 9.29. The van der Waals surface area contributed by atoms with E-state index in [9.17, 15) is 9.35 Å². The molecule has 0 fully saturated rings. The Bertz CT molecular complexity index is 650. The van der Waals surface area contributed by atoms with Gasteiger partial charge in [0.1, 0.15) is 11.4 Å². The zero-order valence-corrected chi connectivity index (χ0v) is 18.0. The number of carboxylic acids is 1. The van der Waals surface area contributed by atoms with E-state index in [1.807, 2.05) is 51.1 Å². The Morgan fingerprint density at radius 2 is 1.78 bits per heavy atom. The fraction of sp³-hybridized carbons (Fsp3) is 0.476. The number of benzene rings is 1. The number of hydrogen-bond donors (Lipinski definition) is 2. The van der Waals surface area contributed by atoms with Crippen LogP contribution >= 0.6 is 11.6 Å². The minimum absolute atomic E-state index is 0.250. The van der Waals surface area contributed by atoms with Crippen LogP contribution in [0.5, 0.6) is 0 Å². The van der Waals surface area contributed by atoms with Gasteiger partial charge >= 0.3 is 5.97 Å². The second-order valence-electron chi connectivity index (χ2n) is 6.59. The van der Waals surface area contributed by atoms with Gasteiger partial charge in [0.25, 0.3) is 0 Å². The molecule has 1 aromatic rings. The van der Waals surface area contributed by atoms with Crippen molar-refractivity contribution in [2.24, 2.45) is 0 Å². The van der Waals surface area contributed by atoms with Crippen LogP contribution in [0.3, 0.4) is 0 Å². The van der Waals surface area contributed by atoms with Gasteiger partial charge in [0.15, 0.2) is 4.91 Å². The molecule has 0 radical (unpaired) electrons. The number of allylic oxidation sites excluding steroid dienone is 3. The molecular weight excluding hydrogens is 382 g/mol. The molecule has 0 saturated heterocycles. The lowest BCUT2D eigenvalue weighted by molar-refractivity contribution is -0.137. The molecule has 4 nitrogen and oxygen atoms in total. The summed E-state index contributed by atoms with van der Waals surface area (Å²) >= 11 is 4.73. The van der Waals surface area contributed by atoms with E-state index in [4.69, 9.17) is 16.7 Å². The third kappa shape index (κ3) is 9.36. The Labute approximate surface area is 171 Å². The average Bonchev–Trinajstić information content (AvgIpc) is 2.58. The molecule has 1 aromatic carbocycles. The molecule has 6 heteroatoms. The van der Waals surface area contributed by atoms with Crippen molar-refractivity contribution in [1.29, 1.82) is 0 Å². The van der Waals surface area contributed by atoms with Crippen molar-refractivity contribution in [1.82, 2.24) is 0 Å². The summed E-state index contributed by atoms with van der Waals surface area (Å²) in [6.45, 7) is 5.80. The monoisotopic (exact) mass is 411 g/mol. The SMILES string of the molecule is C/C=C\C(=C/CCCCCCCC(=O)O)[S+]([O-])Nc1c(C)cc(Cl)cc1C. The molecule has 0 saturated carbocycles. The minimum Gasteiger partial charge on any atom is -0.588 e. The Kier molecular flexibility index (Phi) is 11.3. The van der Waals surface area contributed by atoms with E-state index < -0.39 is 17.3 Å². The number of carboxylic acid groups (broad SMARTS) is 1. The van der Waals surface area contributed by atoms with E-state index >= 15 is 0 Å². The molecule has 0 spiro atoms. The Morgan fingerprint density at radius 1 is 1.19 bits per heavy atom. The van der Waals surface area contributed by atoms with E-state index in [-0.39, 0.29) is 6.42 Å². The van der Waals surface area contributed by atoms with Gasteiger partial charge in [-0.3, -0.25) is 4.79 Å². The normalized spacial score (nSPS) is 13.1. The molecule has 0 aliphatic rings. The van der Waals surface area contributed by atoms with Crippen molar-refractivity contribution >= 4 is 34.6 Å². The van der Waals surface area contributed by atoms with Gasteiger partial charge in [-0.2, -0.15) is 0 Å². The Morgan fingerprint density at radius 3 is 2.37 bits per heavy atom. The van der Waals surface area contributed by atoms with Crippen molar-refractivity contribution in [3.05, 3.63) is 51.4 Å². The molecule has 0 amide bonds. The smallest absolute Gasteiger partial charge is 0.303 e. The second kappa shape index (κ2) is 12.9. The van der Waals surface area contributed by atoms with Gasteiger partial charge < -0.3 is 9.66 Å². The fourth-order valence-electron chi connectivity index (χ4n) is 2.79. The molecule has 1 atom stereocenters. The molecule has 0 aliphatic heterocycles. The third-order valence-corrected chi connectivity index (χ3v) is 5.52. The van der Waals surface area contributed by atoms with Crippen LogP contribution in [0.2, 0.25) is 5.02 Å². The third-order valence-electron chi connectivity index (χ3n) is 4.18. The van der Waals surface area contributed by atoms with Crippen LogP contribution in [0.25, 0.3) is 0 Å². The second-order valence-corrected chi connectivity index (χ2v) is 8.24. The molecule has 0 aromatic heterocycles. The molecule has 150 valence electrons. The van der Waals surface area contributed by atoms with Crippen LogP contribution in [-0.2, 0) is 16.2 Å². The summed E-state index contributed by atoms with van der Waals surface area (Å²) < 4.78 is 15.9. The quantitative estimate of drug-likeness (QED) is 0.240. The van der Waals surface area contributed by atoms with Gasteiger partial charge in [0.05, 0.1) is 5.69 Å². The van der Waals surface area contributed by atoms with Crippen LogP contribution in [0.4, 0.5) is 5.69 Å². The van der Waals surface area contributed by atoms with E-state index in [0.29, 0.717) is 5.02 Å². The van der Waals surface area contributed by atoms with E-state index in [1.54, 1.807) is 0 Å². The van der Waals surface area contributed by atoms with Crippen molar-refractivity contribution in [2.75, 3.05) is 4.72 Å². The lowest BCUT2D eigenvalue weighted by atomic mass is 10.1. The molecule has 0 heterocycles. The largest absolute Gasteiger partial charge is 0.588 e. The van der Waals surface area contributed by atoms with Gasteiger partial charge in [0, 0.05) is 11.4 Å². The van der Waals surface area contributed by atoms with Gasteiger partial charge in [-0.15, -0.1) is 0 Å². The number of aryl methyl sites for hydroxylation is 2. The van der Waals surface area contributed by atoms with Crippen LogP contribution < -0.4 is 4.72 Å².